The molecule has 112 valence electrons. The zero-order chi connectivity index (χ0) is 13.8. The first-order chi connectivity index (χ1) is 9.05. The van der Waals surface area contributed by atoms with Gasteiger partial charge in [0.25, 0.3) is 0 Å². The lowest BCUT2D eigenvalue weighted by molar-refractivity contribution is -0.189. The molecular formula is C15H30N2O2. The summed E-state index contributed by atoms with van der Waals surface area (Å²) in [5, 5.41) is 0. The van der Waals surface area contributed by atoms with Gasteiger partial charge in [-0.15, -0.1) is 0 Å². The van der Waals surface area contributed by atoms with Crippen LogP contribution in [-0.2, 0) is 9.47 Å². The molecule has 2 fully saturated rings. The molecule has 0 bridgehead atoms. The Balaban J connectivity index is 1.66. The Morgan fingerprint density at radius 1 is 1.21 bits per heavy atom. The van der Waals surface area contributed by atoms with E-state index in [1.807, 2.05) is 0 Å². The van der Waals surface area contributed by atoms with Crippen LogP contribution in [0.5, 0.6) is 0 Å². The SMILES string of the molecule is CC(C)(CN)CCCCN1CCCC2(C1)OCCO2. The van der Waals surface area contributed by atoms with E-state index < -0.39 is 0 Å². The van der Waals surface area contributed by atoms with Crippen LogP contribution in [0.1, 0.15) is 46.0 Å². The second-order valence-corrected chi connectivity index (χ2v) is 6.81. The molecule has 19 heavy (non-hydrogen) atoms. The summed E-state index contributed by atoms with van der Waals surface area (Å²) >= 11 is 0. The van der Waals surface area contributed by atoms with Gasteiger partial charge in [-0.05, 0) is 44.3 Å². The van der Waals surface area contributed by atoms with Gasteiger partial charge < -0.3 is 15.2 Å². The van der Waals surface area contributed by atoms with Gasteiger partial charge in [0.05, 0.1) is 19.8 Å². The van der Waals surface area contributed by atoms with Crippen LogP contribution >= 0.6 is 0 Å². The Labute approximate surface area is 117 Å². The predicted molar refractivity (Wildman–Crippen MR) is 77.0 cm³/mol. The molecule has 4 heteroatoms. The number of hydrogen-bond donors (Lipinski definition) is 1. The Morgan fingerprint density at radius 3 is 2.63 bits per heavy atom. The molecule has 0 amide bonds. The van der Waals surface area contributed by atoms with E-state index in [1.165, 1.54) is 32.2 Å². The molecule has 0 aromatic rings. The zero-order valence-electron chi connectivity index (χ0n) is 12.6. The summed E-state index contributed by atoms with van der Waals surface area (Å²) in [4.78, 5) is 2.50. The molecular weight excluding hydrogens is 240 g/mol. The molecule has 0 radical (unpaired) electrons. The first-order valence-corrected chi connectivity index (χ1v) is 7.76. The first-order valence-electron chi connectivity index (χ1n) is 7.76. The maximum absolute atomic E-state index is 5.81. The van der Waals surface area contributed by atoms with Crippen LogP contribution in [-0.4, -0.2) is 50.1 Å². The number of nitrogens with zero attached hydrogens (tertiary/aromatic N) is 1. The Kier molecular flexibility index (Phi) is 5.23. The molecule has 0 saturated carbocycles. The van der Waals surface area contributed by atoms with Crippen molar-refractivity contribution in [2.45, 2.75) is 51.7 Å². The van der Waals surface area contributed by atoms with E-state index in [9.17, 15) is 0 Å². The summed E-state index contributed by atoms with van der Waals surface area (Å²) in [6.45, 7) is 10.1. The minimum Gasteiger partial charge on any atom is -0.346 e. The van der Waals surface area contributed by atoms with Crippen LogP contribution in [0.3, 0.4) is 0 Å². The second-order valence-electron chi connectivity index (χ2n) is 6.81. The number of rotatable bonds is 6. The molecule has 0 aromatic heterocycles. The summed E-state index contributed by atoms with van der Waals surface area (Å²) in [7, 11) is 0. The van der Waals surface area contributed by atoms with Crippen LogP contribution in [0.15, 0.2) is 0 Å². The zero-order valence-corrected chi connectivity index (χ0v) is 12.6. The molecule has 2 rings (SSSR count). The monoisotopic (exact) mass is 270 g/mol. The molecule has 1 spiro atoms. The topological polar surface area (TPSA) is 47.7 Å². The normalized spacial score (nSPS) is 24.2. The van der Waals surface area contributed by atoms with Crippen LogP contribution in [0, 0.1) is 5.41 Å². The third-order valence-electron chi connectivity index (χ3n) is 4.44. The molecule has 4 nitrogen and oxygen atoms in total. The van der Waals surface area contributed by atoms with Gasteiger partial charge in [-0.1, -0.05) is 20.3 Å². The number of nitrogens with two attached hydrogens (primary N) is 1. The molecule has 0 aromatic carbocycles. The maximum Gasteiger partial charge on any atom is 0.181 e. The van der Waals surface area contributed by atoms with Gasteiger partial charge in [-0.25, -0.2) is 0 Å². The molecule has 0 aliphatic carbocycles. The van der Waals surface area contributed by atoms with Gasteiger partial charge in [-0.2, -0.15) is 0 Å². The highest BCUT2D eigenvalue weighted by Crippen LogP contribution is 2.30. The fraction of sp³-hybridized carbons (Fsp3) is 1.00. The van der Waals surface area contributed by atoms with E-state index in [4.69, 9.17) is 15.2 Å². The van der Waals surface area contributed by atoms with Crippen molar-refractivity contribution in [1.82, 2.24) is 4.90 Å². The van der Waals surface area contributed by atoms with Crippen LogP contribution in [0.4, 0.5) is 0 Å². The maximum atomic E-state index is 5.81. The molecule has 2 aliphatic rings. The van der Waals surface area contributed by atoms with Crippen molar-refractivity contribution in [2.24, 2.45) is 11.1 Å². The summed E-state index contributed by atoms with van der Waals surface area (Å²) in [6, 6.07) is 0. The lowest BCUT2D eigenvalue weighted by Gasteiger charge is -2.38. The van der Waals surface area contributed by atoms with Gasteiger partial charge in [-0.3, -0.25) is 4.90 Å². The molecule has 0 unspecified atom stereocenters. The molecule has 2 heterocycles. The fourth-order valence-corrected chi connectivity index (χ4v) is 3.04. The molecule has 2 N–H and O–H groups in total. The van der Waals surface area contributed by atoms with Crippen molar-refractivity contribution >= 4 is 0 Å². The fourth-order valence-electron chi connectivity index (χ4n) is 3.04. The third-order valence-corrected chi connectivity index (χ3v) is 4.44. The smallest absolute Gasteiger partial charge is 0.181 e. The highest BCUT2D eigenvalue weighted by molar-refractivity contribution is 4.83. The van der Waals surface area contributed by atoms with E-state index in [2.05, 4.69) is 18.7 Å². The largest absolute Gasteiger partial charge is 0.346 e. The lowest BCUT2D eigenvalue weighted by atomic mass is 9.87. The van der Waals surface area contributed by atoms with E-state index >= 15 is 0 Å². The standard InChI is InChI=1S/C15H30N2O2/c1-14(2,12-16)6-3-4-8-17-9-5-7-15(13-17)18-10-11-19-15/h3-13,16H2,1-2H3. The molecule has 2 aliphatic heterocycles. The number of hydrogen-bond acceptors (Lipinski definition) is 4. The summed E-state index contributed by atoms with van der Waals surface area (Å²) in [6.07, 6.45) is 5.97. The number of ether oxygens (including phenoxy) is 2. The minimum absolute atomic E-state index is 0.269. The van der Waals surface area contributed by atoms with Crippen molar-refractivity contribution in [2.75, 3.05) is 39.4 Å². The molecule has 0 atom stereocenters. The van der Waals surface area contributed by atoms with Crippen LogP contribution in [0.25, 0.3) is 0 Å². The number of unbranched alkanes of at least 4 members (excludes halogenated alkanes) is 1. The van der Waals surface area contributed by atoms with Crippen molar-refractivity contribution in [3.63, 3.8) is 0 Å². The second kappa shape index (κ2) is 6.53. The van der Waals surface area contributed by atoms with Gasteiger partial charge in [0.2, 0.25) is 0 Å². The Bertz CT molecular complexity index is 275. The van der Waals surface area contributed by atoms with E-state index in [1.54, 1.807) is 0 Å². The third kappa shape index (κ3) is 4.42. The lowest BCUT2D eigenvalue weighted by Crippen LogP contribution is -2.49. The number of likely N-dealkylation sites (tertiary alicyclic amines) is 1. The van der Waals surface area contributed by atoms with Gasteiger partial charge >= 0.3 is 0 Å². The van der Waals surface area contributed by atoms with E-state index in [0.717, 1.165) is 39.3 Å². The summed E-state index contributed by atoms with van der Waals surface area (Å²) < 4.78 is 11.6. The van der Waals surface area contributed by atoms with Crippen molar-refractivity contribution < 1.29 is 9.47 Å². The average Bonchev–Trinajstić information content (AvgIpc) is 2.83. The van der Waals surface area contributed by atoms with Gasteiger partial charge in [0, 0.05) is 6.42 Å². The van der Waals surface area contributed by atoms with Gasteiger partial charge in [0.15, 0.2) is 5.79 Å². The Morgan fingerprint density at radius 2 is 1.95 bits per heavy atom. The minimum atomic E-state index is -0.269. The highest BCUT2D eigenvalue weighted by Gasteiger charge is 2.40. The highest BCUT2D eigenvalue weighted by atomic mass is 16.7. The van der Waals surface area contributed by atoms with Crippen molar-refractivity contribution in [3.05, 3.63) is 0 Å². The first kappa shape index (κ1) is 15.2. The van der Waals surface area contributed by atoms with Crippen LogP contribution in [0.2, 0.25) is 0 Å². The van der Waals surface area contributed by atoms with Crippen molar-refractivity contribution in [3.8, 4) is 0 Å². The molecule has 2 saturated heterocycles. The predicted octanol–water partition coefficient (Wildman–Crippen LogP) is 1.98. The van der Waals surface area contributed by atoms with Gasteiger partial charge in [0.1, 0.15) is 0 Å². The number of piperidine rings is 1. The summed E-state index contributed by atoms with van der Waals surface area (Å²) in [5.74, 6) is -0.269. The quantitative estimate of drug-likeness (QED) is 0.750. The summed E-state index contributed by atoms with van der Waals surface area (Å²) in [5.41, 5.74) is 6.06. The Hall–Kier alpha value is -0.160. The average molecular weight is 270 g/mol. The van der Waals surface area contributed by atoms with Crippen molar-refractivity contribution in [1.29, 1.82) is 0 Å². The van der Waals surface area contributed by atoms with E-state index in [0.29, 0.717) is 5.41 Å². The van der Waals surface area contributed by atoms with Crippen LogP contribution < -0.4 is 5.73 Å². The van der Waals surface area contributed by atoms with E-state index in [-0.39, 0.29) is 5.79 Å².